The molecule has 7 heteroatoms. The van der Waals surface area contributed by atoms with E-state index in [9.17, 15) is 4.79 Å². The number of hydrogen-bond donors (Lipinski definition) is 2. The summed E-state index contributed by atoms with van der Waals surface area (Å²) in [4.78, 5) is 20.4. The van der Waals surface area contributed by atoms with Crippen LogP contribution >= 0.6 is 11.3 Å². The Labute approximate surface area is 115 Å². The van der Waals surface area contributed by atoms with Crippen molar-refractivity contribution >= 4 is 17.2 Å². The molecule has 0 saturated heterocycles. The van der Waals surface area contributed by atoms with Gasteiger partial charge in [0.2, 0.25) is 0 Å². The van der Waals surface area contributed by atoms with E-state index in [4.69, 9.17) is 5.73 Å². The highest BCUT2D eigenvalue weighted by Gasteiger charge is 2.17. The number of aromatic nitrogens is 3. The summed E-state index contributed by atoms with van der Waals surface area (Å²) in [5.41, 5.74) is 5.86. The number of nitrogens with zero attached hydrogens (tertiary/aromatic N) is 3. The van der Waals surface area contributed by atoms with Crippen molar-refractivity contribution in [2.75, 3.05) is 6.54 Å². The molecule has 3 N–H and O–H groups in total. The molecule has 0 aliphatic carbocycles. The van der Waals surface area contributed by atoms with Crippen molar-refractivity contribution in [3.8, 4) is 0 Å². The lowest BCUT2D eigenvalue weighted by Crippen LogP contribution is -2.28. The van der Waals surface area contributed by atoms with Gasteiger partial charge in [0.05, 0.1) is 12.4 Å². The van der Waals surface area contributed by atoms with Crippen molar-refractivity contribution in [1.82, 2.24) is 19.9 Å². The molecule has 1 unspecified atom stereocenters. The van der Waals surface area contributed by atoms with E-state index < -0.39 is 0 Å². The number of thiazole rings is 1. The molecule has 0 aliphatic heterocycles. The zero-order chi connectivity index (χ0) is 13.7. The minimum Gasteiger partial charge on any atom is -0.341 e. The molecule has 0 aromatic carbocycles. The van der Waals surface area contributed by atoms with Crippen molar-refractivity contribution < 1.29 is 4.79 Å². The average Bonchev–Trinajstić information content (AvgIpc) is 3.07. The Kier molecular flexibility index (Phi) is 4.64. The highest BCUT2D eigenvalue weighted by molar-refractivity contribution is 7.09. The first-order valence-electron chi connectivity index (χ1n) is 6.16. The minimum atomic E-state index is -0.183. The summed E-state index contributed by atoms with van der Waals surface area (Å²) >= 11 is 1.54. The lowest BCUT2D eigenvalue weighted by Gasteiger charge is -2.13. The van der Waals surface area contributed by atoms with Crippen LogP contribution in [0.2, 0.25) is 0 Å². The second kappa shape index (κ2) is 6.44. The Bertz CT molecular complexity index is 522. The van der Waals surface area contributed by atoms with Gasteiger partial charge in [-0.15, -0.1) is 11.3 Å². The number of hydrogen-bond acceptors (Lipinski definition) is 5. The first kappa shape index (κ1) is 13.7. The second-order valence-corrected chi connectivity index (χ2v) is 5.02. The van der Waals surface area contributed by atoms with Gasteiger partial charge in [-0.2, -0.15) is 0 Å². The molecule has 2 aromatic heterocycles. The van der Waals surface area contributed by atoms with E-state index in [0.29, 0.717) is 18.8 Å². The van der Waals surface area contributed by atoms with Gasteiger partial charge in [-0.25, -0.2) is 9.97 Å². The van der Waals surface area contributed by atoms with Gasteiger partial charge in [-0.3, -0.25) is 4.79 Å². The van der Waals surface area contributed by atoms with Crippen LogP contribution in [0.1, 0.15) is 34.9 Å². The molecule has 2 rings (SSSR count). The van der Waals surface area contributed by atoms with Crippen LogP contribution in [0, 0.1) is 0 Å². The van der Waals surface area contributed by atoms with Crippen LogP contribution in [0.15, 0.2) is 24.1 Å². The predicted molar refractivity (Wildman–Crippen MR) is 73.9 cm³/mol. The lowest BCUT2D eigenvalue weighted by molar-refractivity contribution is 0.0931. The van der Waals surface area contributed by atoms with Crippen LogP contribution < -0.4 is 11.1 Å². The highest BCUT2D eigenvalue weighted by Crippen LogP contribution is 2.19. The van der Waals surface area contributed by atoms with Gasteiger partial charge in [0.25, 0.3) is 5.91 Å². The molecule has 19 heavy (non-hydrogen) atoms. The second-order valence-electron chi connectivity index (χ2n) is 4.09. The fourth-order valence-corrected chi connectivity index (χ4v) is 2.50. The normalized spacial score (nSPS) is 12.3. The summed E-state index contributed by atoms with van der Waals surface area (Å²) < 4.78 is 1.80. The van der Waals surface area contributed by atoms with E-state index in [1.165, 1.54) is 11.3 Å². The van der Waals surface area contributed by atoms with Crippen LogP contribution in [0.4, 0.5) is 0 Å². The van der Waals surface area contributed by atoms with E-state index in [1.807, 2.05) is 12.3 Å². The third kappa shape index (κ3) is 3.39. The number of nitrogens with one attached hydrogen (secondary N) is 1. The monoisotopic (exact) mass is 279 g/mol. The fourth-order valence-electron chi connectivity index (χ4n) is 1.73. The van der Waals surface area contributed by atoms with Crippen molar-refractivity contribution in [3.05, 3.63) is 34.8 Å². The molecule has 0 aliphatic rings. The SMILES string of the molecule is CCC(NC(=O)c1cn(CCN)cn1)c1nccs1. The Morgan fingerprint density at radius 3 is 3.05 bits per heavy atom. The molecule has 0 radical (unpaired) electrons. The van der Waals surface area contributed by atoms with Crippen molar-refractivity contribution in [2.24, 2.45) is 5.73 Å². The molecule has 6 nitrogen and oxygen atoms in total. The molecule has 1 amide bonds. The van der Waals surface area contributed by atoms with Gasteiger partial charge in [0.15, 0.2) is 0 Å². The summed E-state index contributed by atoms with van der Waals surface area (Å²) in [6.07, 6.45) is 5.86. The van der Waals surface area contributed by atoms with Crippen molar-refractivity contribution in [3.63, 3.8) is 0 Å². The maximum atomic E-state index is 12.1. The van der Waals surface area contributed by atoms with Crippen LogP contribution in [0.5, 0.6) is 0 Å². The molecule has 2 aromatic rings. The smallest absolute Gasteiger partial charge is 0.272 e. The van der Waals surface area contributed by atoms with E-state index in [0.717, 1.165) is 11.4 Å². The number of amides is 1. The largest absolute Gasteiger partial charge is 0.341 e. The van der Waals surface area contributed by atoms with Crippen LogP contribution in [0.3, 0.4) is 0 Å². The number of rotatable bonds is 6. The zero-order valence-corrected chi connectivity index (χ0v) is 11.6. The summed E-state index contributed by atoms with van der Waals surface area (Å²) in [5.74, 6) is -0.183. The van der Waals surface area contributed by atoms with Crippen LogP contribution in [0.25, 0.3) is 0 Å². The third-order valence-electron chi connectivity index (χ3n) is 2.72. The van der Waals surface area contributed by atoms with Gasteiger partial charge in [-0.1, -0.05) is 6.92 Å². The zero-order valence-electron chi connectivity index (χ0n) is 10.7. The molecular weight excluding hydrogens is 262 g/mol. The Hall–Kier alpha value is -1.73. The lowest BCUT2D eigenvalue weighted by atomic mass is 10.2. The first-order valence-corrected chi connectivity index (χ1v) is 7.04. The predicted octanol–water partition coefficient (Wildman–Crippen LogP) is 1.18. The Morgan fingerprint density at radius 2 is 2.42 bits per heavy atom. The molecule has 0 bridgehead atoms. The van der Waals surface area contributed by atoms with Gasteiger partial charge in [0.1, 0.15) is 10.7 Å². The Balaban J connectivity index is 2.02. The molecule has 0 fully saturated rings. The first-order chi connectivity index (χ1) is 9.24. The standard InChI is InChI=1S/C12H17N5OS/c1-2-9(12-14-4-6-19-12)16-11(18)10-7-17(5-3-13)8-15-10/h4,6-9H,2-3,5,13H2,1H3,(H,16,18). The molecule has 102 valence electrons. The van der Waals surface area contributed by atoms with Gasteiger partial charge < -0.3 is 15.6 Å². The highest BCUT2D eigenvalue weighted by atomic mass is 32.1. The van der Waals surface area contributed by atoms with Crippen LogP contribution in [-0.2, 0) is 6.54 Å². The average molecular weight is 279 g/mol. The third-order valence-corrected chi connectivity index (χ3v) is 3.61. The summed E-state index contributed by atoms with van der Waals surface area (Å²) in [7, 11) is 0. The summed E-state index contributed by atoms with van der Waals surface area (Å²) in [5, 5.41) is 5.76. The van der Waals surface area contributed by atoms with E-state index in [2.05, 4.69) is 15.3 Å². The molecular formula is C12H17N5OS. The fraction of sp³-hybridized carbons (Fsp3) is 0.417. The number of nitrogens with two attached hydrogens (primary N) is 1. The molecule has 0 spiro atoms. The number of carbonyl (C=O) groups is 1. The van der Waals surface area contributed by atoms with E-state index in [1.54, 1.807) is 23.3 Å². The molecule has 0 saturated carbocycles. The van der Waals surface area contributed by atoms with E-state index >= 15 is 0 Å². The van der Waals surface area contributed by atoms with Gasteiger partial charge in [0, 0.05) is 30.9 Å². The van der Waals surface area contributed by atoms with Crippen molar-refractivity contribution in [2.45, 2.75) is 25.9 Å². The topological polar surface area (TPSA) is 85.8 Å². The van der Waals surface area contributed by atoms with E-state index in [-0.39, 0.29) is 11.9 Å². The summed E-state index contributed by atoms with van der Waals surface area (Å²) in [6.45, 7) is 3.19. The minimum absolute atomic E-state index is 0.0628. The quantitative estimate of drug-likeness (QED) is 0.831. The molecule has 2 heterocycles. The van der Waals surface area contributed by atoms with Gasteiger partial charge in [-0.05, 0) is 6.42 Å². The number of carbonyl (C=O) groups excluding carboxylic acids is 1. The van der Waals surface area contributed by atoms with Crippen molar-refractivity contribution in [1.29, 1.82) is 0 Å². The molecule has 1 atom stereocenters. The maximum absolute atomic E-state index is 12.1. The number of imidazole rings is 1. The summed E-state index contributed by atoms with van der Waals surface area (Å²) in [6, 6.07) is -0.0628. The maximum Gasteiger partial charge on any atom is 0.272 e. The van der Waals surface area contributed by atoms with Gasteiger partial charge >= 0.3 is 0 Å². The Morgan fingerprint density at radius 1 is 1.58 bits per heavy atom. The van der Waals surface area contributed by atoms with Crippen LogP contribution in [-0.4, -0.2) is 27.0 Å².